The molecule has 1 heterocycles. The lowest BCUT2D eigenvalue weighted by Crippen LogP contribution is -2.22. The Bertz CT molecular complexity index is 480. The molecule has 1 aromatic carbocycles. The van der Waals surface area contributed by atoms with Crippen LogP contribution in [0.15, 0.2) is 23.2 Å². The molecule has 0 spiro atoms. The van der Waals surface area contributed by atoms with Gasteiger partial charge in [0.05, 0.1) is 6.54 Å². The Hall–Kier alpha value is -1.10. The standard InChI is InChI=1S/C14H16F2N2S/c15-11-5-9(6-12(16)7-11)3-4-17-14-18-8-13(19-14)10-1-2-10/h5-7,10,13H,1-4,8H2,(H,17,18). The average Bonchev–Trinajstić information content (AvgIpc) is 3.09. The maximum atomic E-state index is 13.0. The SMILES string of the molecule is Fc1cc(F)cc(CCNC2=NCC(C3CC3)S2)c1. The van der Waals surface area contributed by atoms with E-state index in [1.54, 1.807) is 0 Å². The van der Waals surface area contributed by atoms with E-state index in [1.807, 2.05) is 11.8 Å². The van der Waals surface area contributed by atoms with E-state index < -0.39 is 11.6 Å². The number of aliphatic imine (C=N–C) groups is 1. The third-order valence-corrected chi connectivity index (χ3v) is 4.77. The molecular formula is C14H16F2N2S. The highest BCUT2D eigenvalue weighted by molar-refractivity contribution is 8.14. The lowest BCUT2D eigenvalue weighted by atomic mass is 10.1. The van der Waals surface area contributed by atoms with E-state index >= 15 is 0 Å². The first-order valence-corrected chi connectivity index (χ1v) is 7.48. The molecule has 3 rings (SSSR count). The van der Waals surface area contributed by atoms with Gasteiger partial charge in [-0.2, -0.15) is 0 Å². The lowest BCUT2D eigenvalue weighted by Gasteiger charge is -2.08. The number of hydrogen-bond acceptors (Lipinski definition) is 3. The number of nitrogens with one attached hydrogen (secondary N) is 1. The fourth-order valence-electron chi connectivity index (χ4n) is 2.27. The van der Waals surface area contributed by atoms with E-state index in [0.29, 0.717) is 23.8 Å². The first kappa shape index (κ1) is 12.9. The largest absolute Gasteiger partial charge is 0.365 e. The third kappa shape index (κ3) is 3.47. The van der Waals surface area contributed by atoms with Gasteiger partial charge >= 0.3 is 0 Å². The molecule has 1 aliphatic heterocycles. The molecule has 102 valence electrons. The molecule has 1 saturated carbocycles. The van der Waals surface area contributed by atoms with Gasteiger partial charge in [-0.25, -0.2) is 8.78 Å². The van der Waals surface area contributed by atoms with Crippen LogP contribution < -0.4 is 5.32 Å². The van der Waals surface area contributed by atoms with E-state index in [4.69, 9.17) is 0 Å². The van der Waals surface area contributed by atoms with Crippen LogP contribution in [0, 0.1) is 17.6 Å². The van der Waals surface area contributed by atoms with Crippen molar-refractivity contribution >= 4 is 16.9 Å². The number of thioether (sulfide) groups is 1. The Balaban J connectivity index is 1.45. The molecule has 1 atom stereocenters. The van der Waals surface area contributed by atoms with Crippen LogP contribution in [-0.4, -0.2) is 23.5 Å². The first-order valence-electron chi connectivity index (χ1n) is 6.60. The van der Waals surface area contributed by atoms with Crippen LogP contribution >= 0.6 is 11.8 Å². The van der Waals surface area contributed by atoms with E-state index in [-0.39, 0.29) is 0 Å². The summed E-state index contributed by atoms with van der Waals surface area (Å²) in [5.74, 6) is -0.182. The van der Waals surface area contributed by atoms with Crippen molar-refractivity contribution in [2.45, 2.75) is 24.5 Å². The molecule has 1 N–H and O–H groups in total. The molecule has 0 aromatic heterocycles. The van der Waals surface area contributed by atoms with Crippen molar-refractivity contribution in [2.24, 2.45) is 10.9 Å². The Kier molecular flexibility index (Phi) is 3.73. The monoisotopic (exact) mass is 282 g/mol. The fourth-order valence-corrected chi connectivity index (χ4v) is 3.51. The molecule has 0 bridgehead atoms. The number of hydrogen-bond donors (Lipinski definition) is 1. The number of benzene rings is 1. The third-order valence-electron chi connectivity index (χ3n) is 3.44. The summed E-state index contributed by atoms with van der Waals surface area (Å²) in [5.41, 5.74) is 0.673. The molecular weight excluding hydrogens is 266 g/mol. The van der Waals surface area contributed by atoms with Crippen LogP contribution in [0.25, 0.3) is 0 Å². The minimum absolute atomic E-state index is 0.517. The highest BCUT2D eigenvalue weighted by Crippen LogP contribution is 2.41. The summed E-state index contributed by atoms with van der Waals surface area (Å²) < 4.78 is 26.0. The highest BCUT2D eigenvalue weighted by atomic mass is 32.2. The highest BCUT2D eigenvalue weighted by Gasteiger charge is 2.35. The molecule has 2 aliphatic rings. The molecule has 0 saturated heterocycles. The van der Waals surface area contributed by atoms with E-state index in [2.05, 4.69) is 10.3 Å². The Labute approximate surface area is 115 Å². The zero-order valence-corrected chi connectivity index (χ0v) is 11.4. The number of halogens is 2. The van der Waals surface area contributed by atoms with Gasteiger partial charge in [0.1, 0.15) is 11.6 Å². The maximum Gasteiger partial charge on any atom is 0.156 e. The summed E-state index contributed by atoms with van der Waals surface area (Å²) in [7, 11) is 0. The van der Waals surface area contributed by atoms with Gasteiger partial charge in [0.25, 0.3) is 0 Å². The van der Waals surface area contributed by atoms with Crippen molar-refractivity contribution in [3.05, 3.63) is 35.4 Å². The summed E-state index contributed by atoms with van der Waals surface area (Å²) in [5, 5.41) is 4.88. The van der Waals surface area contributed by atoms with Crippen LogP contribution in [0.2, 0.25) is 0 Å². The Morgan fingerprint density at radius 1 is 1.21 bits per heavy atom. The summed E-state index contributed by atoms with van der Waals surface area (Å²) in [6.07, 6.45) is 3.27. The number of nitrogens with zero attached hydrogens (tertiary/aromatic N) is 1. The molecule has 1 aliphatic carbocycles. The normalized spacial score (nSPS) is 22.4. The van der Waals surface area contributed by atoms with Crippen LogP contribution in [0.1, 0.15) is 18.4 Å². The van der Waals surface area contributed by atoms with Gasteiger partial charge in [0.15, 0.2) is 5.17 Å². The van der Waals surface area contributed by atoms with Gasteiger partial charge in [0.2, 0.25) is 0 Å². The van der Waals surface area contributed by atoms with Gasteiger partial charge in [-0.3, -0.25) is 4.99 Å². The average molecular weight is 282 g/mol. The van der Waals surface area contributed by atoms with Crippen molar-refractivity contribution in [1.29, 1.82) is 0 Å². The molecule has 1 aromatic rings. The maximum absolute atomic E-state index is 13.0. The van der Waals surface area contributed by atoms with Crippen molar-refractivity contribution in [3.63, 3.8) is 0 Å². The van der Waals surface area contributed by atoms with Gasteiger partial charge in [0, 0.05) is 17.9 Å². The second kappa shape index (κ2) is 5.49. The molecule has 0 amide bonds. The lowest BCUT2D eigenvalue weighted by molar-refractivity contribution is 0.579. The smallest absolute Gasteiger partial charge is 0.156 e. The summed E-state index contributed by atoms with van der Waals surface area (Å²) >= 11 is 1.81. The topological polar surface area (TPSA) is 24.4 Å². The summed E-state index contributed by atoms with van der Waals surface area (Å²) in [6, 6.07) is 3.65. The van der Waals surface area contributed by atoms with E-state index in [9.17, 15) is 8.78 Å². The molecule has 19 heavy (non-hydrogen) atoms. The van der Waals surface area contributed by atoms with Gasteiger partial charge < -0.3 is 5.32 Å². The molecule has 0 radical (unpaired) electrons. The molecule has 2 nitrogen and oxygen atoms in total. The number of amidine groups is 1. The molecule has 1 unspecified atom stereocenters. The summed E-state index contributed by atoms with van der Waals surface area (Å²) in [4.78, 5) is 4.47. The van der Waals surface area contributed by atoms with E-state index in [1.165, 1.54) is 25.0 Å². The second-order valence-corrected chi connectivity index (χ2v) is 6.32. The predicted molar refractivity (Wildman–Crippen MR) is 74.5 cm³/mol. The minimum Gasteiger partial charge on any atom is -0.365 e. The van der Waals surface area contributed by atoms with Crippen LogP contribution in [0.5, 0.6) is 0 Å². The van der Waals surface area contributed by atoms with Crippen molar-refractivity contribution in [1.82, 2.24) is 5.32 Å². The van der Waals surface area contributed by atoms with Crippen molar-refractivity contribution in [3.8, 4) is 0 Å². The van der Waals surface area contributed by atoms with Crippen LogP contribution in [-0.2, 0) is 6.42 Å². The zero-order valence-electron chi connectivity index (χ0n) is 10.5. The van der Waals surface area contributed by atoms with Gasteiger partial charge in [-0.05, 0) is 42.9 Å². The van der Waals surface area contributed by atoms with Crippen LogP contribution in [0.4, 0.5) is 8.78 Å². The molecule has 1 fully saturated rings. The molecule has 5 heteroatoms. The Morgan fingerprint density at radius 2 is 1.95 bits per heavy atom. The van der Waals surface area contributed by atoms with Crippen molar-refractivity contribution in [2.75, 3.05) is 13.1 Å². The van der Waals surface area contributed by atoms with E-state index in [0.717, 1.165) is 23.7 Å². The fraction of sp³-hybridized carbons (Fsp3) is 0.500. The second-order valence-electron chi connectivity index (χ2n) is 5.09. The zero-order chi connectivity index (χ0) is 13.2. The van der Waals surface area contributed by atoms with Gasteiger partial charge in [-0.15, -0.1) is 0 Å². The minimum atomic E-state index is -0.517. The predicted octanol–water partition coefficient (Wildman–Crippen LogP) is 2.98. The summed E-state index contributed by atoms with van der Waals surface area (Å²) in [6.45, 7) is 1.57. The first-order chi connectivity index (χ1) is 9.20. The van der Waals surface area contributed by atoms with Crippen molar-refractivity contribution < 1.29 is 8.78 Å². The van der Waals surface area contributed by atoms with Crippen LogP contribution in [0.3, 0.4) is 0 Å². The number of rotatable bonds is 4. The van der Waals surface area contributed by atoms with Gasteiger partial charge in [-0.1, -0.05) is 11.8 Å². The Morgan fingerprint density at radius 3 is 2.63 bits per heavy atom. The quantitative estimate of drug-likeness (QED) is 0.918.